The van der Waals surface area contributed by atoms with Crippen LogP contribution in [0.2, 0.25) is 5.02 Å². The van der Waals surface area contributed by atoms with E-state index in [9.17, 15) is 19.7 Å². The number of hydrogen-bond donors (Lipinski definition) is 2. The second-order valence-electron chi connectivity index (χ2n) is 7.40. The minimum Gasteiger partial charge on any atom is -0.362 e. The molecule has 8 nitrogen and oxygen atoms in total. The Balaban J connectivity index is 1.84. The summed E-state index contributed by atoms with van der Waals surface area (Å²) < 4.78 is 0. The zero-order valence-corrected chi connectivity index (χ0v) is 17.4. The number of carbonyl (C=O) groups excluding carboxylic acids is 2. The van der Waals surface area contributed by atoms with Crippen molar-refractivity contribution in [3.8, 4) is 0 Å². The number of anilines is 1. The minimum atomic E-state index is -0.747. The molecule has 4 rings (SSSR count). The summed E-state index contributed by atoms with van der Waals surface area (Å²) in [6.07, 6.45) is 3.29. The van der Waals surface area contributed by atoms with E-state index in [4.69, 9.17) is 11.6 Å². The maximum Gasteiger partial charge on any atom is 0.288 e. The fourth-order valence-electron chi connectivity index (χ4n) is 4.09. The van der Waals surface area contributed by atoms with E-state index >= 15 is 0 Å². The molecule has 0 radical (unpaired) electrons. The molecule has 0 unspecified atom stereocenters. The quantitative estimate of drug-likeness (QED) is 0.544. The smallest absolute Gasteiger partial charge is 0.288 e. The van der Waals surface area contributed by atoms with Gasteiger partial charge in [-0.1, -0.05) is 23.7 Å². The van der Waals surface area contributed by atoms with Crippen molar-refractivity contribution in [2.24, 2.45) is 0 Å². The summed E-state index contributed by atoms with van der Waals surface area (Å²) in [5, 5.41) is 17.4. The number of Topliss-reactive ketones (excluding diaryl/α,β-unsaturated/α-hetero) is 1. The first-order valence-electron chi connectivity index (χ1n) is 9.77. The molecule has 2 N–H and O–H groups in total. The average Bonchev–Trinajstić information content (AvgIpc) is 2.73. The molecule has 0 spiro atoms. The molecule has 0 saturated heterocycles. The van der Waals surface area contributed by atoms with Gasteiger partial charge < -0.3 is 10.6 Å². The molecule has 1 atom stereocenters. The van der Waals surface area contributed by atoms with Crippen LogP contribution < -0.4 is 10.6 Å². The molecule has 1 aromatic carbocycles. The Kier molecular flexibility index (Phi) is 5.56. The maximum absolute atomic E-state index is 13.3. The van der Waals surface area contributed by atoms with E-state index in [0.717, 1.165) is 5.70 Å². The molecule has 0 bridgehead atoms. The van der Waals surface area contributed by atoms with Crippen LogP contribution in [0.3, 0.4) is 0 Å². The van der Waals surface area contributed by atoms with Crippen molar-refractivity contribution >= 4 is 34.8 Å². The number of halogens is 1. The van der Waals surface area contributed by atoms with E-state index in [1.807, 2.05) is 0 Å². The topological polar surface area (TPSA) is 114 Å². The third-order valence-electron chi connectivity index (χ3n) is 5.43. The lowest BCUT2D eigenvalue weighted by molar-refractivity contribution is -0.384. The van der Waals surface area contributed by atoms with Gasteiger partial charge in [-0.2, -0.15) is 0 Å². The molecule has 158 valence electrons. The monoisotopic (exact) mass is 438 g/mol. The molecule has 2 heterocycles. The number of nitrogens with zero attached hydrogens (tertiary/aromatic N) is 2. The number of nitro benzene ring substituents is 1. The van der Waals surface area contributed by atoms with Crippen LogP contribution in [0.1, 0.15) is 37.7 Å². The molecule has 2 aliphatic rings. The molecule has 1 amide bonds. The van der Waals surface area contributed by atoms with E-state index in [1.54, 1.807) is 37.4 Å². The lowest BCUT2D eigenvalue weighted by atomic mass is 9.75. The number of benzene rings is 1. The highest BCUT2D eigenvalue weighted by Crippen LogP contribution is 2.43. The number of dihydropyridines is 1. The number of hydrogen-bond acceptors (Lipinski definition) is 6. The largest absolute Gasteiger partial charge is 0.362 e. The highest BCUT2D eigenvalue weighted by Gasteiger charge is 2.39. The van der Waals surface area contributed by atoms with Crippen molar-refractivity contribution in [1.29, 1.82) is 0 Å². The summed E-state index contributed by atoms with van der Waals surface area (Å²) in [5.41, 5.74) is 2.32. The zero-order chi connectivity index (χ0) is 22.1. The van der Waals surface area contributed by atoms with E-state index in [2.05, 4.69) is 15.6 Å². The summed E-state index contributed by atoms with van der Waals surface area (Å²) >= 11 is 6.00. The van der Waals surface area contributed by atoms with Gasteiger partial charge in [0.05, 0.1) is 4.92 Å². The van der Waals surface area contributed by atoms with Gasteiger partial charge in [-0.25, -0.2) is 4.98 Å². The number of nitrogens with one attached hydrogen (secondary N) is 2. The normalized spacial score (nSPS) is 18.4. The van der Waals surface area contributed by atoms with Crippen LogP contribution in [-0.4, -0.2) is 21.6 Å². The van der Waals surface area contributed by atoms with Crippen molar-refractivity contribution in [2.45, 2.75) is 32.1 Å². The van der Waals surface area contributed by atoms with Crippen LogP contribution in [0.15, 0.2) is 65.1 Å². The Bertz CT molecular complexity index is 1160. The van der Waals surface area contributed by atoms with Crippen LogP contribution in [0, 0.1) is 10.1 Å². The molecule has 1 aromatic heterocycles. The lowest BCUT2D eigenvalue weighted by Crippen LogP contribution is -2.35. The van der Waals surface area contributed by atoms with Crippen LogP contribution in [0.25, 0.3) is 0 Å². The number of carbonyl (C=O) groups is 2. The molecule has 2 aromatic rings. The average molecular weight is 439 g/mol. The lowest BCUT2D eigenvalue weighted by Gasteiger charge is -2.34. The van der Waals surface area contributed by atoms with Gasteiger partial charge in [-0.3, -0.25) is 19.7 Å². The molecule has 31 heavy (non-hydrogen) atoms. The van der Waals surface area contributed by atoms with Crippen LogP contribution in [-0.2, 0) is 9.59 Å². The summed E-state index contributed by atoms with van der Waals surface area (Å²) in [6.45, 7) is 1.76. The zero-order valence-electron chi connectivity index (χ0n) is 16.6. The fourth-order valence-corrected chi connectivity index (χ4v) is 4.27. The summed E-state index contributed by atoms with van der Waals surface area (Å²) in [5.74, 6) is -0.893. The molecule has 0 saturated carbocycles. The van der Waals surface area contributed by atoms with Gasteiger partial charge in [-0.05, 0) is 43.5 Å². The predicted octanol–water partition coefficient (Wildman–Crippen LogP) is 4.25. The van der Waals surface area contributed by atoms with Gasteiger partial charge in [0.2, 0.25) is 0 Å². The van der Waals surface area contributed by atoms with Gasteiger partial charge in [0.15, 0.2) is 5.78 Å². The number of ketones is 1. The van der Waals surface area contributed by atoms with E-state index < -0.39 is 16.7 Å². The van der Waals surface area contributed by atoms with Crippen molar-refractivity contribution in [3.05, 3.63) is 85.8 Å². The fraction of sp³-hybridized carbons (Fsp3) is 0.227. The van der Waals surface area contributed by atoms with Crippen molar-refractivity contribution in [2.75, 3.05) is 5.32 Å². The number of nitro groups is 1. The number of pyridine rings is 1. The van der Waals surface area contributed by atoms with Gasteiger partial charge >= 0.3 is 0 Å². The second-order valence-corrected chi connectivity index (χ2v) is 7.81. The highest BCUT2D eigenvalue weighted by atomic mass is 35.5. The van der Waals surface area contributed by atoms with E-state index in [-0.39, 0.29) is 16.5 Å². The Morgan fingerprint density at radius 1 is 1.29 bits per heavy atom. The first-order chi connectivity index (χ1) is 14.9. The Morgan fingerprint density at radius 3 is 2.81 bits per heavy atom. The number of amides is 1. The summed E-state index contributed by atoms with van der Waals surface area (Å²) in [4.78, 5) is 41.2. The first kappa shape index (κ1) is 20.7. The predicted molar refractivity (Wildman–Crippen MR) is 115 cm³/mol. The summed E-state index contributed by atoms with van der Waals surface area (Å²) in [7, 11) is 0. The van der Waals surface area contributed by atoms with Crippen molar-refractivity contribution in [1.82, 2.24) is 10.3 Å². The minimum absolute atomic E-state index is 0.00736. The molecular formula is C22H19ClN4O4. The SMILES string of the molecule is CC1=C(C(=O)Nc2ccccn2)[C@@H](c2ccc(Cl)c([N+](=O)[O-])c2)C2=C(CCCC2=O)N1. The van der Waals surface area contributed by atoms with Crippen LogP contribution >= 0.6 is 11.6 Å². The standard InChI is InChI=1S/C22H19ClN4O4/c1-12-19(22(29)26-18-7-2-3-10-24-18)20(21-15(25-12)5-4-6-17(21)28)13-8-9-14(23)16(11-13)27(30)31/h2-3,7-11,20,25H,4-6H2,1H3,(H,24,26,29)/t20-/m1/s1. The summed E-state index contributed by atoms with van der Waals surface area (Å²) in [6, 6.07) is 9.52. The first-order valence-corrected chi connectivity index (χ1v) is 10.1. The van der Waals surface area contributed by atoms with Gasteiger partial charge in [0.1, 0.15) is 10.8 Å². The number of aromatic nitrogens is 1. The molecule has 0 fully saturated rings. The van der Waals surface area contributed by atoms with E-state index in [1.165, 1.54) is 12.1 Å². The molecular weight excluding hydrogens is 420 g/mol. The Labute approximate surface area is 183 Å². The third kappa shape index (κ3) is 3.94. The Hall–Kier alpha value is -3.52. The Morgan fingerprint density at radius 2 is 2.10 bits per heavy atom. The molecule has 1 aliphatic carbocycles. The maximum atomic E-state index is 13.3. The van der Waals surface area contributed by atoms with Crippen LogP contribution in [0.5, 0.6) is 0 Å². The van der Waals surface area contributed by atoms with Crippen LogP contribution in [0.4, 0.5) is 11.5 Å². The molecule has 9 heteroatoms. The van der Waals surface area contributed by atoms with Crippen molar-refractivity contribution < 1.29 is 14.5 Å². The van der Waals surface area contributed by atoms with Gasteiger partial charge in [-0.15, -0.1) is 0 Å². The van der Waals surface area contributed by atoms with Gasteiger partial charge in [0, 0.05) is 47.1 Å². The molecule has 1 aliphatic heterocycles. The number of allylic oxidation sites excluding steroid dienone is 3. The van der Waals surface area contributed by atoms with E-state index in [0.29, 0.717) is 47.5 Å². The third-order valence-corrected chi connectivity index (χ3v) is 5.75. The second kappa shape index (κ2) is 8.31. The van der Waals surface area contributed by atoms with Crippen molar-refractivity contribution in [3.63, 3.8) is 0 Å². The highest BCUT2D eigenvalue weighted by molar-refractivity contribution is 6.32. The van der Waals surface area contributed by atoms with Gasteiger partial charge in [0.25, 0.3) is 11.6 Å². The number of rotatable bonds is 4.